The molecule has 5 atom stereocenters. The van der Waals surface area contributed by atoms with Crippen molar-refractivity contribution >= 4 is 11.0 Å². The molecule has 5 unspecified atom stereocenters. The van der Waals surface area contributed by atoms with Gasteiger partial charge in [0.25, 0.3) is 0 Å². The van der Waals surface area contributed by atoms with Crippen LogP contribution in [-0.2, 0) is 14.2 Å². The van der Waals surface area contributed by atoms with Crippen molar-refractivity contribution in [3.8, 4) is 5.75 Å². The molecular formula is C17H18O8. The summed E-state index contributed by atoms with van der Waals surface area (Å²) in [5, 5.41) is 20.8. The lowest BCUT2D eigenvalue weighted by Crippen LogP contribution is -2.63. The normalized spacial score (nSPS) is 32.3. The van der Waals surface area contributed by atoms with Crippen molar-refractivity contribution < 1.29 is 33.6 Å². The number of hydrogen-bond donors (Lipinski definition) is 2. The Kier molecular flexibility index (Phi) is 4.45. The number of fused-ring (bicyclic) bond motifs is 2. The number of aliphatic hydroxyl groups excluding tert-OH is 2. The van der Waals surface area contributed by atoms with Crippen LogP contribution in [0.3, 0.4) is 0 Å². The third-order valence-electron chi connectivity index (χ3n) is 4.35. The molecule has 3 heterocycles. The summed E-state index contributed by atoms with van der Waals surface area (Å²) in [6.07, 6.45) is -4.01. The molecule has 2 aromatic rings. The summed E-state index contributed by atoms with van der Waals surface area (Å²) in [6.45, 7) is 0.441. The Labute approximate surface area is 142 Å². The van der Waals surface area contributed by atoms with Crippen molar-refractivity contribution in [2.45, 2.75) is 30.7 Å². The second-order valence-electron chi connectivity index (χ2n) is 5.96. The molecule has 4 rings (SSSR count). The molecule has 2 aliphatic heterocycles. The summed E-state index contributed by atoms with van der Waals surface area (Å²) in [6, 6.07) is 7.94. The Balaban J connectivity index is 1.57. The molecule has 0 spiro atoms. The van der Waals surface area contributed by atoms with Crippen LogP contribution >= 0.6 is 0 Å². The van der Waals surface area contributed by atoms with Gasteiger partial charge in [-0.2, -0.15) is 0 Å². The van der Waals surface area contributed by atoms with E-state index in [1.165, 1.54) is 6.07 Å². The lowest BCUT2D eigenvalue weighted by atomic mass is 9.98. The molecule has 2 fully saturated rings. The first-order chi connectivity index (χ1) is 12.2. The van der Waals surface area contributed by atoms with Gasteiger partial charge in [0.1, 0.15) is 35.7 Å². The molecule has 2 N–H and O–H groups in total. The zero-order valence-corrected chi connectivity index (χ0v) is 13.2. The maximum absolute atomic E-state index is 11.3. The maximum atomic E-state index is 11.3. The quantitative estimate of drug-likeness (QED) is 0.747. The van der Waals surface area contributed by atoms with Crippen molar-refractivity contribution in [3.63, 3.8) is 0 Å². The molecule has 134 valence electrons. The minimum atomic E-state index is -1.09. The molecule has 0 saturated carbocycles. The highest BCUT2D eigenvalue weighted by atomic mass is 16.7. The predicted molar refractivity (Wildman–Crippen MR) is 84.3 cm³/mol. The fraction of sp³-hybridized carbons (Fsp3) is 0.471. The Bertz CT molecular complexity index is 803. The van der Waals surface area contributed by atoms with E-state index < -0.39 is 36.3 Å². The van der Waals surface area contributed by atoms with E-state index in [1.54, 1.807) is 24.3 Å². The predicted octanol–water partition coefficient (Wildman–Crippen LogP) is 0.0339. The molecule has 0 aliphatic carbocycles. The van der Waals surface area contributed by atoms with E-state index in [4.69, 9.17) is 23.4 Å². The summed E-state index contributed by atoms with van der Waals surface area (Å²) < 4.78 is 27.6. The molecule has 2 aliphatic rings. The molecule has 0 bridgehead atoms. The first kappa shape index (κ1) is 16.5. The lowest BCUT2D eigenvalue weighted by molar-refractivity contribution is -0.313. The molecule has 1 aromatic heterocycles. The molecule has 0 radical (unpaired) electrons. The number of benzene rings is 1. The molecule has 8 heteroatoms. The fourth-order valence-electron chi connectivity index (χ4n) is 3.15. The summed E-state index contributed by atoms with van der Waals surface area (Å²) in [4.78, 5) is 11.3. The number of aliphatic hydroxyl groups is 2. The van der Waals surface area contributed by atoms with Gasteiger partial charge in [-0.3, -0.25) is 0 Å². The molecule has 25 heavy (non-hydrogen) atoms. The van der Waals surface area contributed by atoms with Crippen LogP contribution in [0, 0.1) is 0 Å². The number of ether oxygens (including phenoxy) is 4. The highest BCUT2D eigenvalue weighted by Crippen LogP contribution is 2.30. The minimum Gasteiger partial charge on any atom is -0.462 e. The number of rotatable bonds is 3. The molecule has 1 aromatic carbocycles. The average Bonchev–Trinajstić information content (AvgIpc) is 2.64. The third-order valence-corrected chi connectivity index (χ3v) is 4.35. The van der Waals surface area contributed by atoms with Gasteiger partial charge in [-0.05, 0) is 18.2 Å². The van der Waals surface area contributed by atoms with Crippen LogP contribution in [0.4, 0.5) is 0 Å². The van der Waals surface area contributed by atoms with Gasteiger partial charge in [0.05, 0.1) is 19.8 Å². The van der Waals surface area contributed by atoms with Crippen molar-refractivity contribution in [3.05, 3.63) is 40.8 Å². The highest BCUT2D eigenvalue weighted by Gasteiger charge is 2.49. The average molecular weight is 350 g/mol. The van der Waals surface area contributed by atoms with Crippen LogP contribution in [-0.4, -0.2) is 60.7 Å². The minimum absolute atomic E-state index is 0.288. The van der Waals surface area contributed by atoms with Crippen molar-refractivity contribution in [2.24, 2.45) is 0 Å². The van der Waals surface area contributed by atoms with Crippen LogP contribution in [0.2, 0.25) is 0 Å². The Morgan fingerprint density at radius 1 is 1.12 bits per heavy atom. The van der Waals surface area contributed by atoms with Gasteiger partial charge in [-0.15, -0.1) is 0 Å². The van der Waals surface area contributed by atoms with Gasteiger partial charge in [0, 0.05) is 17.5 Å². The molecular weight excluding hydrogens is 332 g/mol. The van der Waals surface area contributed by atoms with E-state index >= 15 is 0 Å². The van der Waals surface area contributed by atoms with Crippen molar-refractivity contribution in [2.75, 3.05) is 19.8 Å². The second kappa shape index (κ2) is 6.74. The summed E-state index contributed by atoms with van der Waals surface area (Å²) in [5.74, 6) is 0.359. The molecule has 2 saturated heterocycles. The molecule has 8 nitrogen and oxygen atoms in total. The van der Waals surface area contributed by atoms with E-state index in [2.05, 4.69) is 0 Å². The Hall–Kier alpha value is -1.97. The zero-order valence-electron chi connectivity index (χ0n) is 13.2. The topological polar surface area (TPSA) is 108 Å². The molecule has 0 amide bonds. The van der Waals surface area contributed by atoms with Crippen LogP contribution < -0.4 is 10.4 Å². The van der Waals surface area contributed by atoms with Gasteiger partial charge in [0.2, 0.25) is 6.29 Å². The van der Waals surface area contributed by atoms with Gasteiger partial charge < -0.3 is 33.6 Å². The summed E-state index contributed by atoms with van der Waals surface area (Å²) >= 11 is 0. The van der Waals surface area contributed by atoms with Crippen LogP contribution in [0.1, 0.15) is 0 Å². The van der Waals surface area contributed by atoms with E-state index in [1.807, 2.05) is 0 Å². The number of hydrogen-bond acceptors (Lipinski definition) is 8. The summed E-state index contributed by atoms with van der Waals surface area (Å²) in [5.41, 5.74) is -0.0984. The monoisotopic (exact) mass is 350 g/mol. The van der Waals surface area contributed by atoms with E-state index in [9.17, 15) is 15.0 Å². The van der Waals surface area contributed by atoms with E-state index in [0.29, 0.717) is 24.5 Å². The third kappa shape index (κ3) is 3.14. The van der Waals surface area contributed by atoms with Crippen molar-refractivity contribution in [1.82, 2.24) is 0 Å². The van der Waals surface area contributed by atoms with Gasteiger partial charge in [-0.25, -0.2) is 4.79 Å². The first-order valence-electron chi connectivity index (χ1n) is 8.04. The highest BCUT2D eigenvalue weighted by molar-refractivity contribution is 5.77. The Morgan fingerprint density at radius 2 is 1.88 bits per heavy atom. The van der Waals surface area contributed by atoms with Gasteiger partial charge in [0.15, 0.2) is 0 Å². The Morgan fingerprint density at radius 3 is 2.68 bits per heavy atom. The van der Waals surface area contributed by atoms with Crippen molar-refractivity contribution in [1.29, 1.82) is 0 Å². The maximum Gasteiger partial charge on any atom is 0.336 e. The SMILES string of the molecule is O=c1ccc2ccc(OC3OC(CO)C4OCCOC4C3O)cc2o1. The second-order valence-corrected chi connectivity index (χ2v) is 5.96. The lowest BCUT2D eigenvalue weighted by Gasteiger charge is -2.45. The zero-order chi connectivity index (χ0) is 17.4. The van der Waals surface area contributed by atoms with E-state index in [0.717, 1.165) is 5.39 Å². The fourth-order valence-corrected chi connectivity index (χ4v) is 3.15. The van der Waals surface area contributed by atoms with Crippen LogP contribution in [0.15, 0.2) is 39.5 Å². The summed E-state index contributed by atoms with van der Waals surface area (Å²) in [7, 11) is 0. The smallest absolute Gasteiger partial charge is 0.336 e. The van der Waals surface area contributed by atoms with E-state index in [-0.39, 0.29) is 6.61 Å². The largest absolute Gasteiger partial charge is 0.462 e. The van der Waals surface area contributed by atoms with Gasteiger partial charge >= 0.3 is 5.63 Å². The van der Waals surface area contributed by atoms with Crippen LogP contribution in [0.25, 0.3) is 11.0 Å². The van der Waals surface area contributed by atoms with Gasteiger partial charge in [-0.1, -0.05) is 0 Å². The van der Waals surface area contributed by atoms with Crippen LogP contribution in [0.5, 0.6) is 5.75 Å². The first-order valence-corrected chi connectivity index (χ1v) is 8.04. The standard InChI is InChI=1S/C17H18O8/c18-8-12-15-16(22-6-5-21-15)14(20)17(25-12)23-10-3-1-9-2-4-13(19)24-11(9)7-10/h1-4,7,12,14-18,20H,5-6,8H2.